The number of hydrogen-bond donors (Lipinski definition) is 0. The molecule has 2 unspecified atom stereocenters. The van der Waals surface area contributed by atoms with E-state index in [0.717, 1.165) is 24.1 Å². The molecule has 0 radical (unpaired) electrons. The van der Waals surface area contributed by atoms with Gasteiger partial charge in [-0.2, -0.15) is 13.2 Å². The first-order valence-corrected chi connectivity index (χ1v) is 12.0. The van der Waals surface area contributed by atoms with Crippen LogP contribution in [0.2, 0.25) is 0 Å². The van der Waals surface area contributed by atoms with E-state index in [0.29, 0.717) is 12.8 Å². The van der Waals surface area contributed by atoms with Crippen LogP contribution in [-0.2, 0) is 26.8 Å². The maximum atomic E-state index is 13.0. The van der Waals surface area contributed by atoms with E-state index in [1.54, 1.807) is 13.8 Å². The van der Waals surface area contributed by atoms with E-state index in [4.69, 9.17) is 7.94 Å². The maximum Gasteiger partial charge on any atom is 0.471 e. The van der Waals surface area contributed by atoms with Gasteiger partial charge in [-0.05, 0) is 19.8 Å². The van der Waals surface area contributed by atoms with E-state index in [2.05, 4.69) is 4.74 Å². The second-order valence-corrected chi connectivity index (χ2v) is 10.5. The zero-order valence-electron chi connectivity index (χ0n) is 16.5. The number of carbonyl (C=O) groups is 2. The lowest BCUT2D eigenvalue weighted by Crippen LogP contribution is -2.44. The molecule has 0 saturated heterocycles. The van der Waals surface area contributed by atoms with Gasteiger partial charge in [0.1, 0.15) is 12.8 Å². The number of ether oxygens (including phenoxy) is 1. The van der Waals surface area contributed by atoms with Crippen molar-refractivity contribution in [3.05, 3.63) is 0 Å². The summed E-state index contributed by atoms with van der Waals surface area (Å²) in [6.07, 6.45) is -4.99. The first-order chi connectivity index (χ1) is 12.9. The van der Waals surface area contributed by atoms with Gasteiger partial charge in [-0.25, -0.2) is 7.94 Å². The van der Waals surface area contributed by atoms with E-state index in [9.17, 15) is 27.3 Å². The summed E-state index contributed by atoms with van der Waals surface area (Å²) < 4.78 is 66.9. The van der Waals surface area contributed by atoms with Gasteiger partial charge in [0.15, 0.2) is 0 Å². The second-order valence-electron chi connectivity index (χ2n) is 5.84. The number of hydrogen-bond acceptors (Lipinski definition) is 8. The first kappa shape index (κ1) is 27.6. The van der Waals surface area contributed by atoms with Gasteiger partial charge in [-0.15, -0.1) is 0 Å². The third-order valence-corrected chi connectivity index (χ3v) is 7.81. The number of alkyl halides is 3. The van der Waals surface area contributed by atoms with Crippen LogP contribution in [0.15, 0.2) is 0 Å². The van der Waals surface area contributed by atoms with Crippen molar-refractivity contribution in [2.24, 2.45) is 0 Å². The van der Waals surface area contributed by atoms with Gasteiger partial charge in [0, 0.05) is 34.6 Å². The average molecular weight is 469 g/mol. The van der Waals surface area contributed by atoms with Crippen LogP contribution in [0, 0.1) is 0 Å². The number of nitrogens with zero attached hydrogens (tertiary/aromatic N) is 1. The molecule has 0 bridgehead atoms. The number of amides is 1. The van der Waals surface area contributed by atoms with Gasteiger partial charge < -0.3 is 9.64 Å². The van der Waals surface area contributed by atoms with Crippen molar-refractivity contribution in [1.29, 1.82) is 0 Å². The molecule has 0 aromatic heterocycles. The summed E-state index contributed by atoms with van der Waals surface area (Å²) in [5, 5.41) is -0.218. The minimum atomic E-state index is -5.26. The van der Waals surface area contributed by atoms with Gasteiger partial charge >= 0.3 is 25.6 Å². The van der Waals surface area contributed by atoms with Crippen LogP contribution < -0.4 is 0 Å². The Morgan fingerprint density at radius 2 is 1.50 bits per heavy atom. The van der Waals surface area contributed by atoms with Gasteiger partial charge in [0.25, 0.3) is 0 Å². The monoisotopic (exact) mass is 469 g/mol. The van der Waals surface area contributed by atoms with Gasteiger partial charge in [0.05, 0.1) is 6.61 Å². The summed E-state index contributed by atoms with van der Waals surface area (Å²) in [6, 6.07) is 0. The van der Waals surface area contributed by atoms with Crippen LogP contribution in [0.5, 0.6) is 0 Å². The zero-order valence-corrected chi connectivity index (χ0v) is 19.0. The van der Waals surface area contributed by atoms with E-state index in [1.807, 2.05) is 13.8 Å². The Morgan fingerprint density at radius 1 is 1.04 bits per heavy atom. The highest BCUT2D eigenvalue weighted by molar-refractivity contribution is 8.02. The molecule has 28 heavy (non-hydrogen) atoms. The Hall–Kier alpha value is -0.420. The summed E-state index contributed by atoms with van der Waals surface area (Å²) in [7, 11) is -4.18. The highest BCUT2D eigenvalue weighted by Crippen LogP contribution is 2.56. The van der Waals surface area contributed by atoms with Crippen molar-refractivity contribution in [1.82, 2.24) is 4.90 Å². The molecule has 1 amide bonds. The molecular weight excluding hydrogens is 442 g/mol. The van der Waals surface area contributed by atoms with Crippen LogP contribution in [0.4, 0.5) is 13.2 Å². The van der Waals surface area contributed by atoms with E-state index >= 15 is 0 Å². The Kier molecular flexibility index (Phi) is 12.8. The van der Waals surface area contributed by atoms with Crippen molar-refractivity contribution in [3.8, 4) is 0 Å². The van der Waals surface area contributed by atoms with Crippen molar-refractivity contribution in [2.75, 3.05) is 19.4 Å². The predicted molar refractivity (Wildman–Crippen MR) is 104 cm³/mol. The minimum absolute atomic E-state index is 0.0781. The normalized spacial score (nSPS) is 16.1. The third kappa shape index (κ3) is 10.9. The molecular formula is C15H27F3NO6PS2. The minimum Gasteiger partial charge on any atom is -0.465 e. The summed E-state index contributed by atoms with van der Waals surface area (Å²) in [5.41, 5.74) is 0. The summed E-state index contributed by atoms with van der Waals surface area (Å²) in [6.45, 7) is 7.61. The number of carbonyl (C=O) groups excluding carboxylic acids is 2. The van der Waals surface area contributed by atoms with Crippen LogP contribution >= 0.6 is 31.7 Å². The van der Waals surface area contributed by atoms with Crippen molar-refractivity contribution < 1.29 is 40.0 Å². The molecule has 13 heteroatoms. The van der Waals surface area contributed by atoms with Crippen LogP contribution in [0.1, 0.15) is 47.5 Å². The molecule has 0 rings (SSSR count). The first-order valence-electron chi connectivity index (χ1n) is 8.69. The molecule has 7 nitrogen and oxygen atoms in total. The maximum absolute atomic E-state index is 13.0. The molecule has 0 heterocycles. The average Bonchev–Trinajstić information content (AvgIpc) is 2.62. The van der Waals surface area contributed by atoms with E-state index in [1.165, 1.54) is 6.92 Å². The molecule has 0 saturated carbocycles. The highest BCUT2D eigenvalue weighted by Gasteiger charge is 2.46. The fourth-order valence-electron chi connectivity index (χ4n) is 1.41. The van der Waals surface area contributed by atoms with E-state index in [-0.39, 0.29) is 22.0 Å². The molecule has 0 aliphatic heterocycles. The van der Waals surface area contributed by atoms with Crippen LogP contribution in [-0.4, -0.2) is 52.9 Å². The molecule has 0 N–H and O–H groups in total. The molecule has 0 aliphatic rings. The smallest absolute Gasteiger partial charge is 0.465 e. The quantitative estimate of drug-likeness (QED) is 0.211. The summed E-state index contributed by atoms with van der Waals surface area (Å²) in [4.78, 5) is 23.4. The Labute approximate surface area is 172 Å². The lowest BCUT2D eigenvalue weighted by molar-refractivity contribution is -0.186. The van der Waals surface area contributed by atoms with Crippen LogP contribution in [0.25, 0.3) is 0 Å². The fraction of sp³-hybridized carbons (Fsp3) is 0.867. The largest absolute Gasteiger partial charge is 0.471 e. The number of esters is 1. The van der Waals surface area contributed by atoms with Crippen LogP contribution in [0.3, 0.4) is 0 Å². The van der Waals surface area contributed by atoms with Crippen molar-refractivity contribution in [2.45, 2.75) is 64.1 Å². The van der Waals surface area contributed by atoms with Gasteiger partial charge in [-0.3, -0.25) is 14.2 Å². The predicted octanol–water partition coefficient (Wildman–Crippen LogP) is 5.02. The molecule has 166 valence electrons. The Morgan fingerprint density at radius 3 is 1.86 bits per heavy atom. The summed E-state index contributed by atoms with van der Waals surface area (Å²) in [5.74, 6) is -3.38. The van der Waals surface area contributed by atoms with Crippen molar-refractivity contribution >= 4 is 43.6 Å². The second kappa shape index (κ2) is 13.0. The molecule has 0 fully saturated rings. The standard InChI is InChI=1S/C15H27F3NO6PS2/c1-6-11(4)27-24-26(22,25-28-12(5)7-2)10-19(9-13(20)23-8-3)14(21)15(16,17)18/h11-12H,6-10H2,1-5H3. The lowest BCUT2D eigenvalue weighted by Gasteiger charge is -2.27. The molecule has 0 spiro atoms. The Bertz CT molecular complexity index is 534. The number of rotatable bonds is 13. The zero-order chi connectivity index (χ0) is 22.0. The fourth-order valence-corrected chi connectivity index (χ4v) is 5.25. The molecule has 0 aromatic rings. The Balaban J connectivity index is 5.53. The third-order valence-electron chi connectivity index (χ3n) is 3.29. The topological polar surface area (TPSA) is 82.1 Å². The van der Waals surface area contributed by atoms with E-state index < -0.39 is 38.5 Å². The number of halogens is 3. The van der Waals surface area contributed by atoms with Gasteiger partial charge in [-0.1, -0.05) is 27.7 Å². The SMILES string of the molecule is CCOC(=O)CN(CP(=O)(OSC(C)CC)OSC(C)CC)C(=O)C(F)(F)F. The highest BCUT2D eigenvalue weighted by atomic mass is 32.2. The molecule has 0 aliphatic carbocycles. The lowest BCUT2D eigenvalue weighted by atomic mass is 10.4. The van der Waals surface area contributed by atoms with Crippen molar-refractivity contribution in [3.63, 3.8) is 0 Å². The summed E-state index contributed by atoms with van der Waals surface area (Å²) >= 11 is 1.59. The molecule has 0 aromatic carbocycles. The molecule has 2 atom stereocenters. The van der Waals surface area contributed by atoms with Gasteiger partial charge in [0.2, 0.25) is 0 Å².